The predicted molar refractivity (Wildman–Crippen MR) is 71.8 cm³/mol. The number of aryl methyl sites for hydroxylation is 1. The summed E-state index contributed by atoms with van der Waals surface area (Å²) < 4.78 is 5.78. The maximum atomic E-state index is 11.9. The van der Waals surface area contributed by atoms with Crippen molar-refractivity contribution in [3.8, 4) is 5.88 Å². The molecule has 1 aliphatic heterocycles. The van der Waals surface area contributed by atoms with Gasteiger partial charge in [0.25, 0.3) is 0 Å². The van der Waals surface area contributed by atoms with Crippen molar-refractivity contribution in [1.29, 1.82) is 0 Å². The van der Waals surface area contributed by atoms with Crippen LogP contribution in [0.5, 0.6) is 5.88 Å². The molecule has 1 unspecified atom stereocenters. The van der Waals surface area contributed by atoms with Gasteiger partial charge in [-0.15, -0.1) is 0 Å². The molecule has 0 radical (unpaired) electrons. The maximum absolute atomic E-state index is 11.9. The molecule has 5 heteroatoms. The van der Waals surface area contributed by atoms with Crippen molar-refractivity contribution in [1.82, 2.24) is 14.9 Å². The number of aromatic nitrogens is 2. The van der Waals surface area contributed by atoms with E-state index in [1.807, 2.05) is 25.7 Å². The van der Waals surface area contributed by atoms with Crippen molar-refractivity contribution >= 4 is 5.91 Å². The van der Waals surface area contributed by atoms with Gasteiger partial charge in [-0.1, -0.05) is 5.57 Å². The van der Waals surface area contributed by atoms with E-state index in [9.17, 15) is 4.79 Å². The van der Waals surface area contributed by atoms with E-state index in [2.05, 4.69) is 9.97 Å². The molecule has 0 aliphatic carbocycles. The van der Waals surface area contributed by atoms with E-state index in [1.165, 1.54) is 0 Å². The first-order valence-electron chi connectivity index (χ1n) is 6.44. The van der Waals surface area contributed by atoms with Crippen LogP contribution in [0.2, 0.25) is 0 Å². The van der Waals surface area contributed by atoms with Gasteiger partial charge >= 0.3 is 0 Å². The molecule has 1 aromatic heterocycles. The molecular formula is C14H19N3O2. The van der Waals surface area contributed by atoms with Crippen LogP contribution in [0.3, 0.4) is 0 Å². The molecule has 0 spiro atoms. The first kappa shape index (κ1) is 13.5. The molecule has 1 aromatic rings. The number of amides is 1. The zero-order valence-corrected chi connectivity index (χ0v) is 11.6. The number of nitrogens with zero attached hydrogens (tertiary/aromatic N) is 3. The summed E-state index contributed by atoms with van der Waals surface area (Å²) in [4.78, 5) is 21.9. The van der Waals surface area contributed by atoms with Crippen molar-refractivity contribution in [2.45, 2.75) is 33.3 Å². The van der Waals surface area contributed by atoms with Gasteiger partial charge in [-0.05, 0) is 20.8 Å². The molecule has 1 atom stereocenters. The van der Waals surface area contributed by atoms with Crippen molar-refractivity contribution in [2.24, 2.45) is 0 Å². The summed E-state index contributed by atoms with van der Waals surface area (Å²) >= 11 is 0. The minimum atomic E-state index is 0.0174. The zero-order chi connectivity index (χ0) is 13.8. The molecule has 0 N–H and O–H groups in total. The first-order chi connectivity index (χ1) is 9.04. The van der Waals surface area contributed by atoms with Gasteiger partial charge in [-0.3, -0.25) is 4.79 Å². The molecule has 0 aromatic carbocycles. The van der Waals surface area contributed by atoms with Crippen LogP contribution in [0.1, 0.15) is 26.1 Å². The number of hydrogen-bond acceptors (Lipinski definition) is 4. The van der Waals surface area contributed by atoms with E-state index >= 15 is 0 Å². The third-order valence-corrected chi connectivity index (χ3v) is 2.91. The maximum Gasteiger partial charge on any atom is 0.246 e. The van der Waals surface area contributed by atoms with Crippen LogP contribution in [0.15, 0.2) is 23.9 Å². The summed E-state index contributed by atoms with van der Waals surface area (Å²) in [6.45, 7) is 7.02. The smallest absolute Gasteiger partial charge is 0.246 e. The van der Waals surface area contributed by atoms with E-state index < -0.39 is 0 Å². The number of allylic oxidation sites excluding steroid dienone is 1. The summed E-state index contributed by atoms with van der Waals surface area (Å²) in [6, 6.07) is 1.74. The van der Waals surface area contributed by atoms with Crippen molar-refractivity contribution in [3.63, 3.8) is 0 Å². The third kappa shape index (κ3) is 3.77. The topological polar surface area (TPSA) is 55.3 Å². The summed E-state index contributed by atoms with van der Waals surface area (Å²) in [5, 5.41) is 0. The number of rotatable bonds is 3. The second-order valence-electron chi connectivity index (χ2n) is 4.98. The zero-order valence-electron chi connectivity index (χ0n) is 11.6. The molecule has 1 aliphatic rings. The monoisotopic (exact) mass is 261 g/mol. The van der Waals surface area contributed by atoms with Crippen molar-refractivity contribution in [2.75, 3.05) is 13.1 Å². The highest BCUT2D eigenvalue weighted by Crippen LogP contribution is 2.16. The Bertz CT molecular complexity index is 495. The van der Waals surface area contributed by atoms with Gasteiger partial charge in [0, 0.05) is 31.3 Å². The van der Waals surface area contributed by atoms with Gasteiger partial charge in [0.2, 0.25) is 11.8 Å². The molecule has 0 saturated carbocycles. The molecule has 2 heterocycles. The number of ether oxygens (including phenoxy) is 1. The second kappa shape index (κ2) is 5.82. The van der Waals surface area contributed by atoms with Gasteiger partial charge in [0.05, 0.1) is 6.54 Å². The normalized spacial score (nSPS) is 18.3. The lowest BCUT2D eigenvalue weighted by Gasteiger charge is -2.15. The Hall–Kier alpha value is -1.91. The van der Waals surface area contributed by atoms with Crippen molar-refractivity contribution < 1.29 is 9.53 Å². The SMILES string of the molecule is CC(C)=CC(=O)N1CCC(Oc2ccnc(C)n2)C1. The predicted octanol–water partition coefficient (Wildman–Crippen LogP) is 1.73. The Labute approximate surface area is 113 Å². The fourth-order valence-electron chi connectivity index (χ4n) is 2.03. The van der Waals surface area contributed by atoms with Crippen LogP contribution >= 0.6 is 0 Å². The number of hydrogen-bond donors (Lipinski definition) is 0. The van der Waals surface area contributed by atoms with Crippen LogP contribution in [-0.4, -0.2) is 40.0 Å². The van der Waals surface area contributed by atoms with Gasteiger partial charge < -0.3 is 9.64 Å². The van der Waals surface area contributed by atoms with E-state index in [0.29, 0.717) is 18.2 Å². The fraction of sp³-hybridized carbons (Fsp3) is 0.500. The molecule has 5 nitrogen and oxygen atoms in total. The second-order valence-corrected chi connectivity index (χ2v) is 4.98. The largest absolute Gasteiger partial charge is 0.472 e. The lowest BCUT2D eigenvalue weighted by molar-refractivity contribution is -0.125. The highest BCUT2D eigenvalue weighted by atomic mass is 16.5. The average molecular weight is 261 g/mol. The first-order valence-corrected chi connectivity index (χ1v) is 6.44. The highest BCUT2D eigenvalue weighted by Gasteiger charge is 2.26. The number of likely N-dealkylation sites (tertiary alicyclic amines) is 1. The third-order valence-electron chi connectivity index (χ3n) is 2.91. The Kier molecular flexibility index (Phi) is 4.14. The van der Waals surface area contributed by atoms with E-state index in [4.69, 9.17) is 4.74 Å². The van der Waals surface area contributed by atoms with Crippen LogP contribution in [-0.2, 0) is 4.79 Å². The lowest BCUT2D eigenvalue weighted by atomic mass is 10.3. The van der Waals surface area contributed by atoms with E-state index in [0.717, 1.165) is 18.5 Å². The molecule has 2 rings (SSSR count). The van der Waals surface area contributed by atoms with Crippen LogP contribution < -0.4 is 4.74 Å². The fourth-order valence-corrected chi connectivity index (χ4v) is 2.03. The molecule has 0 bridgehead atoms. The van der Waals surface area contributed by atoms with Gasteiger partial charge in [-0.2, -0.15) is 4.98 Å². The standard InChI is InChI=1S/C14H19N3O2/c1-10(2)8-14(18)17-7-5-12(9-17)19-13-4-6-15-11(3)16-13/h4,6,8,12H,5,7,9H2,1-3H3. The number of carbonyl (C=O) groups is 1. The van der Waals surface area contributed by atoms with Gasteiger partial charge in [-0.25, -0.2) is 4.98 Å². The summed E-state index contributed by atoms with van der Waals surface area (Å²) in [7, 11) is 0. The molecule has 1 saturated heterocycles. The van der Waals surface area contributed by atoms with Crippen LogP contribution in [0.4, 0.5) is 0 Å². The Morgan fingerprint density at radius 3 is 3.00 bits per heavy atom. The highest BCUT2D eigenvalue weighted by molar-refractivity contribution is 5.88. The minimum Gasteiger partial charge on any atom is -0.472 e. The number of carbonyl (C=O) groups excluding carboxylic acids is 1. The van der Waals surface area contributed by atoms with Crippen LogP contribution in [0.25, 0.3) is 0 Å². The van der Waals surface area contributed by atoms with Gasteiger partial charge in [0.1, 0.15) is 11.9 Å². The van der Waals surface area contributed by atoms with Crippen molar-refractivity contribution in [3.05, 3.63) is 29.7 Å². The molecule has 102 valence electrons. The lowest BCUT2D eigenvalue weighted by Crippen LogP contribution is -2.29. The summed E-state index contributed by atoms with van der Waals surface area (Å²) in [5.41, 5.74) is 1.01. The van der Waals surface area contributed by atoms with Crippen LogP contribution in [0, 0.1) is 6.92 Å². The van der Waals surface area contributed by atoms with E-state index in [-0.39, 0.29) is 12.0 Å². The average Bonchev–Trinajstić information content (AvgIpc) is 2.76. The van der Waals surface area contributed by atoms with E-state index in [1.54, 1.807) is 18.3 Å². The van der Waals surface area contributed by atoms with Gasteiger partial charge in [0.15, 0.2) is 0 Å². The molecule has 1 amide bonds. The summed E-state index contributed by atoms with van der Waals surface area (Å²) in [5.74, 6) is 1.33. The minimum absolute atomic E-state index is 0.0174. The Morgan fingerprint density at radius 2 is 2.32 bits per heavy atom. The summed E-state index contributed by atoms with van der Waals surface area (Å²) in [6.07, 6.45) is 4.20. The molecule has 19 heavy (non-hydrogen) atoms. The Morgan fingerprint density at radius 1 is 1.53 bits per heavy atom. The quantitative estimate of drug-likeness (QED) is 0.778. The Balaban J connectivity index is 1.92. The molecular weight excluding hydrogens is 242 g/mol. The molecule has 1 fully saturated rings.